The average Bonchev–Trinajstić information content (AvgIpc) is 2.40. The molecule has 0 aromatic carbocycles. The molecule has 3 heteroatoms. The van der Waals surface area contributed by atoms with Gasteiger partial charge in [-0.2, -0.15) is 0 Å². The Morgan fingerprint density at radius 2 is 2.15 bits per heavy atom. The van der Waals surface area contributed by atoms with Gasteiger partial charge in [-0.15, -0.1) is 0 Å². The highest BCUT2D eigenvalue weighted by atomic mass is 16.2. The molecule has 3 unspecified atom stereocenters. The van der Waals surface area contributed by atoms with Crippen LogP contribution in [-0.2, 0) is 4.79 Å². The van der Waals surface area contributed by atoms with Crippen LogP contribution in [0.1, 0.15) is 40.5 Å². The summed E-state index contributed by atoms with van der Waals surface area (Å²) in [5, 5.41) is 3.29. The molecule has 3 atom stereocenters. The van der Waals surface area contributed by atoms with E-state index in [2.05, 4.69) is 26.1 Å². The maximum Gasteiger partial charge on any atom is 0.241 e. The highest BCUT2D eigenvalue weighted by Crippen LogP contribution is 2.17. The molecule has 0 aromatic rings. The molecular weight excluding hydrogens is 164 g/mol. The monoisotopic (exact) mass is 184 g/mol. The van der Waals surface area contributed by atoms with Crippen molar-refractivity contribution in [2.45, 2.75) is 58.8 Å². The van der Waals surface area contributed by atoms with Crippen molar-refractivity contribution in [1.29, 1.82) is 0 Å². The molecule has 1 saturated heterocycles. The van der Waals surface area contributed by atoms with Gasteiger partial charge in [0.15, 0.2) is 0 Å². The molecule has 0 radical (unpaired) electrons. The van der Waals surface area contributed by atoms with Gasteiger partial charge in [0.2, 0.25) is 5.91 Å². The predicted molar refractivity (Wildman–Crippen MR) is 53.3 cm³/mol. The zero-order valence-electron chi connectivity index (χ0n) is 9.00. The summed E-state index contributed by atoms with van der Waals surface area (Å²) in [6.07, 6.45) is 2.11. The van der Waals surface area contributed by atoms with Crippen LogP contribution in [0.3, 0.4) is 0 Å². The average molecular weight is 184 g/mol. The van der Waals surface area contributed by atoms with Crippen molar-refractivity contribution in [3.05, 3.63) is 0 Å². The first kappa shape index (κ1) is 10.5. The van der Waals surface area contributed by atoms with Crippen LogP contribution >= 0.6 is 0 Å². The van der Waals surface area contributed by atoms with Gasteiger partial charge >= 0.3 is 0 Å². The SMILES string of the molecule is CCC1NC(C)N(C(C)CC)C1=O. The normalized spacial score (nSPS) is 31.1. The third kappa shape index (κ3) is 1.85. The second kappa shape index (κ2) is 4.09. The highest BCUT2D eigenvalue weighted by molar-refractivity contribution is 5.84. The third-order valence-electron chi connectivity index (χ3n) is 2.89. The van der Waals surface area contributed by atoms with E-state index in [4.69, 9.17) is 0 Å². The second-order valence-corrected chi connectivity index (χ2v) is 3.81. The summed E-state index contributed by atoms with van der Waals surface area (Å²) in [5.41, 5.74) is 0. The van der Waals surface area contributed by atoms with E-state index in [0.717, 1.165) is 12.8 Å². The molecule has 3 nitrogen and oxygen atoms in total. The van der Waals surface area contributed by atoms with E-state index in [0.29, 0.717) is 6.04 Å². The standard InChI is InChI=1S/C10H20N2O/c1-5-7(3)12-8(4)11-9(6-2)10(12)13/h7-9,11H,5-6H2,1-4H3. The van der Waals surface area contributed by atoms with Crippen molar-refractivity contribution in [2.24, 2.45) is 0 Å². The predicted octanol–water partition coefficient (Wildman–Crippen LogP) is 1.34. The van der Waals surface area contributed by atoms with Crippen molar-refractivity contribution in [3.63, 3.8) is 0 Å². The van der Waals surface area contributed by atoms with Gasteiger partial charge in [0.05, 0.1) is 12.2 Å². The van der Waals surface area contributed by atoms with Gasteiger partial charge in [-0.3, -0.25) is 10.1 Å². The molecule has 13 heavy (non-hydrogen) atoms. The van der Waals surface area contributed by atoms with E-state index in [9.17, 15) is 4.79 Å². The number of hydrogen-bond acceptors (Lipinski definition) is 2. The van der Waals surface area contributed by atoms with Crippen LogP contribution in [0.25, 0.3) is 0 Å². The van der Waals surface area contributed by atoms with Gasteiger partial charge in [-0.05, 0) is 26.7 Å². The van der Waals surface area contributed by atoms with E-state index in [1.54, 1.807) is 0 Å². The highest BCUT2D eigenvalue weighted by Gasteiger charge is 2.36. The number of hydrogen-bond donors (Lipinski definition) is 1. The van der Waals surface area contributed by atoms with E-state index in [1.807, 2.05) is 11.8 Å². The molecule has 1 aliphatic rings. The maximum absolute atomic E-state index is 11.8. The van der Waals surface area contributed by atoms with E-state index in [-0.39, 0.29) is 18.1 Å². The van der Waals surface area contributed by atoms with Crippen molar-refractivity contribution < 1.29 is 4.79 Å². The molecule has 76 valence electrons. The van der Waals surface area contributed by atoms with Crippen LogP contribution in [0.4, 0.5) is 0 Å². The maximum atomic E-state index is 11.8. The minimum absolute atomic E-state index is 0.0454. The minimum Gasteiger partial charge on any atom is -0.323 e. The Morgan fingerprint density at radius 1 is 1.54 bits per heavy atom. The molecule has 1 rings (SSSR count). The van der Waals surface area contributed by atoms with Crippen molar-refractivity contribution in [1.82, 2.24) is 10.2 Å². The summed E-state index contributed by atoms with van der Waals surface area (Å²) < 4.78 is 0. The molecule has 0 saturated carbocycles. The molecule has 0 spiro atoms. The molecule has 0 aliphatic carbocycles. The molecule has 0 bridgehead atoms. The smallest absolute Gasteiger partial charge is 0.241 e. The van der Waals surface area contributed by atoms with Gasteiger partial charge in [-0.25, -0.2) is 0 Å². The van der Waals surface area contributed by atoms with Gasteiger partial charge in [-0.1, -0.05) is 13.8 Å². The Hall–Kier alpha value is -0.570. The molecule has 1 N–H and O–H groups in total. The van der Waals surface area contributed by atoms with Crippen molar-refractivity contribution >= 4 is 5.91 Å². The van der Waals surface area contributed by atoms with Crippen molar-refractivity contribution in [2.75, 3.05) is 0 Å². The van der Waals surface area contributed by atoms with Gasteiger partial charge in [0.25, 0.3) is 0 Å². The number of carbonyl (C=O) groups is 1. The molecule has 1 aliphatic heterocycles. The van der Waals surface area contributed by atoms with Crippen LogP contribution in [-0.4, -0.2) is 29.1 Å². The fourth-order valence-corrected chi connectivity index (χ4v) is 1.90. The molecule has 0 aromatic heterocycles. The van der Waals surface area contributed by atoms with Crippen LogP contribution in [0.5, 0.6) is 0 Å². The molecule has 1 heterocycles. The Morgan fingerprint density at radius 3 is 2.54 bits per heavy atom. The van der Waals surface area contributed by atoms with Crippen LogP contribution in [0.15, 0.2) is 0 Å². The summed E-state index contributed by atoms with van der Waals surface area (Å²) >= 11 is 0. The van der Waals surface area contributed by atoms with Crippen LogP contribution < -0.4 is 5.32 Å². The van der Waals surface area contributed by atoms with E-state index < -0.39 is 0 Å². The summed E-state index contributed by atoms with van der Waals surface area (Å²) in [4.78, 5) is 13.8. The first-order chi connectivity index (χ1) is 6.11. The zero-order valence-corrected chi connectivity index (χ0v) is 9.00. The third-order valence-corrected chi connectivity index (χ3v) is 2.89. The van der Waals surface area contributed by atoms with Crippen LogP contribution in [0, 0.1) is 0 Å². The molecule has 1 amide bonds. The summed E-state index contributed by atoms with van der Waals surface area (Å²) in [6, 6.07) is 0.399. The minimum atomic E-state index is 0.0454. The fraction of sp³-hybridized carbons (Fsp3) is 0.900. The lowest BCUT2D eigenvalue weighted by Gasteiger charge is -2.27. The Labute approximate surface area is 80.5 Å². The summed E-state index contributed by atoms with van der Waals surface area (Å²) in [6.45, 7) is 8.32. The van der Waals surface area contributed by atoms with Crippen molar-refractivity contribution in [3.8, 4) is 0 Å². The first-order valence-corrected chi connectivity index (χ1v) is 5.20. The topological polar surface area (TPSA) is 32.3 Å². The van der Waals surface area contributed by atoms with Gasteiger partial charge in [0, 0.05) is 6.04 Å². The van der Waals surface area contributed by atoms with E-state index >= 15 is 0 Å². The van der Waals surface area contributed by atoms with Crippen LogP contribution in [0.2, 0.25) is 0 Å². The fourth-order valence-electron chi connectivity index (χ4n) is 1.90. The number of nitrogens with one attached hydrogen (secondary N) is 1. The quantitative estimate of drug-likeness (QED) is 0.718. The number of carbonyl (C=O) groups excluding carboxylic acids is 1. The summed E-state index contributed by atoms with van der Waals surface area (Å²) in [7, 11) is 0. The Balaban J connectivity index is 2.69. The van der Waals surface area contributed by atoms with E-state index in [1.165, 1.54) is 0 Å². The number of amides is 1. The number of nitrogens with zero attached hydrogens (tertiary/aromatic N) is 1. The largest absolute Gasteiger partial charge is 0.323 e. The first-order valence-electron chi connectivity index (χ1n) is 5.20. The summed E-state index contributed by atoms with van der Waals surface area (Å²) in [5.74, 6) is 0.268. The lowest BCUT2D eigenvalue weighted by atomic mass is 10.2. The van der Waals surface area contributed by atoms with Gasteiger partial charge < -0.3 is 4.90 Å². The second-order valence-electron chi connectivity index (χ2n) is 3.81. The Kier molecular flexibility index (Phi) is 3.31. The lowest BCUT2D eigenvalue weighted by Crippen LogP contribution is -2.41. The van der Waals surface area contributed by atoms with Gasteiger partial charge in [0.1, 0.15) is 0 Å². The lowest BCUT2D eigenvalue weighted by molar-refractivity contribution is -0.131. The Bertz CT molecular complexity index is 193. The number of rotatable bonds is 3. The zero-order chi connectivity index (χ0) is 10.0. The molecular formula is C10H20N2O. The molecule has 1 fully saturated rings.